The zero-order chi connectivity index (χ0) is 28.4. The summed E-state index contributed by atoms with van der Waals surface area (Å²) in [5.74, 6) is -0.690. The molecule has 0 heterocycles. The van der Waals surface area contributed by atoms with Crippen LogP contribution in [0.3, 0.4) is 0 Å². The van der Waals surface area contributed by atoms with E-state index in [9.17, 15) is 18.0 Å². The van der Waals surface area contributed by atoms with Crippen LogP contribution in [0.15, 0.2) is 83.8 Å². The topological polar surface area (TPSA) is 86.8 Å². The highest BCUT2D eigenvalue weighted by molar-refractivity contribution is 14.1. The van der Waals surface area contributed by atoms with Crippen LogP contribution in [0.5, 0.6) is 0 Å². The monoisotopic (exact) mass is 661 g/mol. The van der Waals surface area contributed by atoms with Gasteiger partial charge >= 0.3 is 0 Å². The number of hydrogen-bond acceptors (Lipinski definition) is 4. The smallest absolute Gasteiger partial charge is 0.264 e. The third-order valence-electron chi connectivity index (χ3n) is 6.41. The van der Waals surface area contributed by atoms with E-state index in [1.54, 1.807) is 42.5 Å². The van der Waals surface area contributed by atoms with Crippen molar-refractivity contribution in [2.75, 3.05) is 17.4 Å². The summed E-state index contributed by atoms with van der Waals surface area (Å²) in [6.07, 6.45) is 2.17. The van der Waals surface area contributed by atoms with Crippen molar-refractivity contribution in [2.24, 2.45) is 0 Å². The van der Waals surface area contributed by atoms with Crippen LogP contribution in [0.2, 0.25) is 0 Å². The fourth-order valence-electron chi connectivity index (χ4n) is 4.17. The van der Waals surface area contributed by atoms with E-state index in [2.05, 4.69) is 27.9 Å². The maximum absolute atomic E-state index is 14.0. The maximum Gasteiger partial charge on any atom is 0.264 e. The Labute approximate surface area is 245 Å². The number of anilines is 1. The van der Waals surface area contributed by atoms with Crippen molar-refractivity contribution in [1.82, 2.24) is 10.2 Å². The second-order valence-electron chi connectivity index (χ2n) is 9.38. The van der Waals surface area contributed by atoms with Gasteiger partial charge in [0.25, 0.3) is 10.0 Å². The molecule has 3 aromatic carbocycles. The lowest BCUT2D eigenvalue weighted by atomic mass is 10.1. The molecule has 0 saturated heterocycles. The summed E-state index contributed by atoms with van der Waals surface area (Å²) >= 11 is 2.15. The molecular formula is C30H36IN3O4S. The largest absolute Gasteiger partial charge is 0.354 e. The van der Waals surface area contributed by atoms with Crippen molar-refractivity contribution < 1.29 is 18.0 Å². The molecule has 9 heteroatoms. The molecule has 0 fully saturated rings. The predicted octanol–water partition coefficient (Wildman–Crippen LogP) is 5.52. The Hall–Kier alpha value is -2.92. The number of amides is 2. The van der Waals surface area contributed by atoms with E-state index >= 15 is 0 Å². The molecule has 0 aliphatic rings. The quantitative estimate of drug-likeness (QED) is 0.193. The molecule has 0 radical (unpaired) electrons. The van der Waals surface area contributed by atoms with Gasteiger partial charge in [-0.1, -0.05) is 68.3 Å². The molecule has 39 heavy (non-hydrogen) atoms. The standard InChI is InChI=1S/C30H36IN3O4S/c1-4-6-20-32-30(36)28(5-2)33(21-24-14-12-23(3)13-15-24)29(35)22-34(26-18-16-25(31)17-19-26)39(37,38)27-10-8-7-9-11-27/h7-19,28H,4-6,20-22H2,1-3H3,(H,32,36)/t28-/m0/s1. The number of benzene rings is 3. The number of carbonyl (C=O) groups is 2. The Morgan fingerprint density at radius 1 is 0.923 bits per heavy atom. The fourth-order valence-corrected chi connectivity index (χ4v) is 5.97. The molecule has 1 N–H and O–H groups in total. The van der Waals surface area contributed by atoms with Crippen LogP contribution >= 0.6 is 22.6 Å². The van der Waals surface area contributed by atoms with Gasteiger partial charge in [-0.2, -0.15) is 0 Å². The molecule has 2 amide bonds. The van der Waals surface area contributed by atoms with Crippen LogP contribution < -0.4 is 9.62 Å². The van der Waals surface area contributed by atoms with Gasteiger partial charge in [-0.05, 0) is 84.3 Å². The number of carbonyl (C=O) groups excluding carboxylic acids is 2. The van der Waals surface area contributed by atoms with Crippen molar-refractivity contribution >= 4 is 50.1 Å². The molecule has 0 bridgehead atoms. The summed E-state index contributed by atoms with van der Waals surface area (Å²) < 4.78 is 29.7. The Bertz CT molecular complexity index is 1330. The van der Waals surface area contributed by atoms with E-state index in [1.807, 2.05) is 45.0 Å². The third kappa shape index (κ3) is 8.28. The summed E-state index contributed by atoms with van der Waals surface area (Å²) in [5, 5.41) is 2.95. The Balaban J connectivity index is 2.01. The van der Waals surface area contributed by atoms with Crippen LogP contribution in [0, 0.1) is 10.5 Å². The van der Waals surface area contributed by atoms with Crippen LogP contribution in [-0.2, 0) is 26.2 Å². The molecule has 0 unspecified atom stereocenters. The predicted molar refractivity (Wildman–Crippen MR) is 164 cm³/mol. The number of unbranched alkanes of at least 4 members (excludes halogenated alkanes) is 1. The van der Waals surface area contributed by atoms with Crippen LogP contribution in [0.4, 0.5) is 5.69 Å². The normalized spacial score (nSPS) is 12.0. The average molecular weight is 662 g/mol. The number of nitrogens with zero attached hydrogens (tertiary/aromatic N) is 2. The Morgan fingerprint density at radius 2 is 1.56 bits per heavy atom. The molecular weight excluding hydrogens is 625 g/mol. The highest BCUT2D eigenvalue weighted by Crippen LogP contribution is 2.25. The number of aryl methyl sites for hydroxylation is 1. The van der Waals surface area contributed by atoms with Gasteiger partial charge in [0.05, 0.1) is 10.6 Å². The summed E-state index contributed by atoms with van der Waals surface area (Å²) in [7, 11) is -4.06. The van der Waals surface area contributed by atoms with Crippen LogP contribution in [-0.4, -0.2) is 44.3 Å². The van der Waals surface area contributed by atoms with Crippen molar-refractivity contribution in [2.45, 2.75) is 57.5 Å². The number of rotatable bonds is 13. The second-order valence-corrected chi connectivity index (χ2v) is 12.5. The summed E-state index contributed by atoms with van der Waals surface area (Å²) in [6, 6.07) is 22.1. The van der Waals surface area contributed by atoms with Gasteiger partial charge in [0, 0.05) is 16.7 Å². The fraction of sp³-hybridized carbons (Fsp3) is 0.333. The van der Waals surface area contributed by atoms with E-state index < -0.39 is 28.5 Å². The molecule has 0 aliphatic carbocycles. The van der Waals surface area contributed by atoms with E-state index in [1.165, 1.54) is 17.0 Å². The van der Waals surface area contributed by atoms with Crippen molar-refractivity contribution in [1.29, 1.82) is 0 Å². The lowest BCUT2D eigenvalue weighted by molar-refractivity contribution is -0.140. The first kappa shape index (κ1) is 30.6. The second kappa shape index (κ2) is 14.5. The van der Waals surface area contributed by atoms with Gasteiger partial charge in [-0.3, -0.25) is 13.9 Å². The molecule has 0 spiro atoms. The zero-order valence-electron chi connectivity index (χ0n) is 22.6. The van der Waals surface area contributed by atoms with Gasteiger partial charge in [0.15, 0.2) is 0 Å². The van der Waals surface area contributed by atoms with E-state index in [0.29, 0.717) is 18.7 Å². The molecule has 208 valence electrons. The summed E-state index contributed by atoms with van der Waals surface area (Å²) in [6.45, 7) is 6.15. The lowest BCUT2D eigenvalue weighted by Gasteiger charge is -2.33. The Morgan fingerprint density at radius 3 is 2.15 bits per heavy atom. The van der Waals surface area contributed by atoms with Crippen molar-refractivity contribution in [3.63, 3.8) is 0 Å². The van der Waals surface area contributed by atoms with Crippen molar-refractivity contribution in [3.05, 3.63) is 93.6 Å². The number of nitrogens with one attached hydrogen (secondary N) is 1. The first-order valence-corrected chi connectivity index (χ1v) is 15.6. The van der Waals surface area contributed by atoms with E-state index in [4.69, 9.17) is 0 Å². The average Bonchev–Trinajstić information content (AvgIpc) is 2.93. The molecule has 3 rings (SSSR count). The van der Waals surface area contributed by atoms with Crippen molar-refractivity contribution in [3.8, 4) is 0 Å². The molecule has 1 atom stereocenters. The van der Waals surface area contributed by atoms with Gasteiger partial charge in [0.1, 0.15) is 12.6 Å². The molecule has 3 aromatic rings. The minimum absolute atomic E-state index is 0.0887. The number of hydrogen-bond donors (Lipinski definition) is 1. The van der Waals surface area contributed by atoms with Crippen LogP contribution in [0.25, 0.3) is 0 Å². The highest BCUT2D eigenvalue weighted by atomic mass is 127. The SMILES string of the molecule is CCCCNC(=O)[C@H](CC)N(Cc1ccc(C)cc1)C(=O)CN(c1ccc(I)cc1)S(=O)(=O)c1ccccc1. The molecule has 7 nitrogen and oxygen atoms in total. The van der Waals surface area contributed by atoms with Gasteiger partial charge in [0.2, 0.25) is 11.8 Å². The minimum Gasteiger partial charge on any atom is -0.354 e. The van der Waals surface area contributed by atoms with Crippen LogP contribution in [0.1, 0.15) is 44.2 Å². The van der Waals surface area contributed by atoms with Gasteiger partial charge in [-0.15, -0.1) is 0 Å². The number of halogens is 1. The lowest BCUT2D eigenvalue weighted by Crippen LogP contribution is -2.52. The molecule has 0 aliphatic heterocycles. The molecule has 0 aromatic heterocycles. The third-order valence-corrected chi connectivity index (χ3v) is 8.92. The van der Waals surface area contributed by atoms with Gasteiger partial charge in [-0.25, -0.2) is 8.42 Å². The summed E-state index contributed by atoms with van der Waals surface area (Å²) in [5.41, 5.74) is 2.32. The summed E-state index contributed by atoms with van der Waals surface area (Å²) in [4.78, 5) is 28.8. The first-order chi connectivity index (χ1) is 18.7. The van der Waals surface area contributed by atoms with Gasteiger partial charge < -0.3 is 10.2 Å². The van der Waals surface area contributed by atoms with E-state index in [-0.39, 0.29) is 17.3 Å². The zero-order valence-corrected chi connectivity index (χ0v) is 25.6. The molecule has 0 saturated carbocycles. The van der Waals surface area contributed by atoms with E-state index in [0.717, 1.165) is 31.8 Å². The number of sulfonamides is 1. The highest BCUT2D eigenvalue weighted by Gasteiger charge is 2.33. The maximum atomic E-state index is 14.0. The first-order valence-electron chi connectivity index (χ1n) is 13.1. The minimum atomic E-state index is -4.06. The Kier molecular flexibility index (Phi) is 11.4.